The Morgan fingerprint density at radius 2 is 2.04 bits per heavy atom. The Morgan fingerprint density at radius 1 is 1.24 bits per heavy atom. The number of rotatable bonds is 3. The number of nitrogens with zero attached hydrogens (tertiary/aromatic N) is 2. The molecule has 2 aliphatic heterocycles. The lowest BCUT2D eigenvalue weighted by atomic mass is 10.1. The summed E-state index contributed by atoms with van der Waals surface area (Å²) in [5, 5.41) is 1.15. The van der Waals surface area contributed by atoms with E-state index in [-0.39, 0.29) is 5.91 Å². The molecule has 2 aromatic rings. The molecule has 4 rings (SSSR count). The Morgan fingerprint density at radius 3 is 2.76 bits per heavy atom. The van der Waals surface area contributed by atoms with Gasteiger partial charge in [0, 0.05) is 61.5 Å². The van der Waals surface area contributed by atoms with Gasteiger partial charge in [-0.1, -0.05) is 0 Å². The number of aromatic amines is 1. The van der Waals surface area contributed by atoms with Crippen LogP contribution in [0.15, 0.2) is 18.2 Å². The molecule has 134 valence electrons. The van der Waals surface area contributed by atoms with Crippen molar-refractivity contribution in [2.45, 2.75) is 32.8 Å². The zero-order valence-electron chi connectivity index (χ0n) is 15.2. The second kappa shape index (κ2) is 6.81. The third-order valence-electron chi connectivity index (χ3n) is 5.70. The van der Waals surface area contributed by atoms with Crippen LogP contribution in [0.25, 0.3) is 10.9 Å². The normalized spacial score (nSPS) is 22.0. The van der Waals surface area contributed by atoms with E-state index >= 15 is 0 Å². The van der Waals surface area contributed by atoms with Crippen LogP contribution >= 0.6 is 0 Å². The minimum Gasteiger partial charge on any atom is -0.377 e. The highest BCUT2D eigenvalue weighted by atomic mass is 16.5. The molecule has 0 radical (unpaired) electrons. The van der Waals surface area contributed by atoms with E-state index < -0.39 is 0 Å². The molecular formula is C20H27N3O2. The van der Waals surface area contributed by atoms with Crippen molar-refractivity contribution in [1.82, 2.24) is 14.8 Å². The number of fused-ring (bicyclic) bond motifs is 1. The molecule has 1 unspecified atom stereocenters. The highest BCUT2D eigenvalue weighted by Gasteiger charge is 2.25. The Labute approximate surface area is 148 Å². The molecule has 1 atom stereocenters. The summed E-state index contributed by atoms with van der Waals surface area (Å²) in [7, 11) is 0. The molecule has 5 heteroatoms. The van der Waals surface area contributed by atoms with Gasteiger partial charge in [-0.2, -0.15) is 0 Å². The van der Waals surface area contributed by atoms with Gasteiger partial charge < -0.3 is 14.6 Å². The predicted molar refractivity (Wildman–Crippen MR) is 99.1 cm³/mol. The predicted octanol–water partition coefficient (Wildman–Crippen LogP) is 2.72. The van der Waals surface area contributed by atoms with Crippen LogP contribution in [0.3, 0.4) is 0 Å². The number of hydrogen-bond acceptors (Lipinski definition) is 3. The third kappa shape index (κ3) is 3.31. The van der Waals surface area contributed by atoms with Crippen LogP contribution in [-0.2, 0) is 4.74 Å². The summed E-state index contributed by atoms with van der Waals surface area (Å²) in [6.07, 6.45) is 2.75. The highest BCUT2D eigenvalue weighted by Crippen LogP contribution is 2.23. The van der Waals surface area contributed by atoms with Gasteiger partial charge in [0.15, 0.2) is 0 Å². The monoisotopic (exact) mass is 341 g/mol. The van der Waals surface area contributed by atoms with Crippen molar-refractivity contribution in [3.63, 3.8) is 0 Å². The van der Waals surface area contributed by atoms with Crippen LogP contribution in [0.2, 0.25) is 0 Å². The summed E-state index contributed by atoms with van der Waals surface area (Å²) in [5.74, 6) is 0.150. The van der Waals surface area contributed by atoms with Crippen molar-refractivity contribution in [3.05, 3.63) is 35.0 Å². The number of carbonyl (C=O) groups excluding carboxylic acids is 1. The number of aryl methyl sites for hydroxylation is 2. The van der Waals surface area contributed by atoms with Crippen LogP contribution in [0.4, 0.5) is 0 Å². The van der Waals surface area contributed by atoms with Crippen LogP contribution in [-0.4, -0.2) is 66.1 Å². The summed E-state index contributed by atoms with van der Waals surface area (Å²) in [6.45, 7) is 9.57. The molecule has 2 aliphatic rings. The summed E-state index contributed by atoms with van der Waals surface area (Å²) in [5.41, 5.74) is 4.29. The van der Waals surface area contributed by atoms with E-state index in [2.05, 4.69) is 23.7 Å². The summed E-state index contributed by atoms with van der Waals surface area (Å²) >= 11 is 0. The summed E-state index contributed by atoms with van der Waals surface area (Å²) in [6, 6.07) is 6.00. The lowest BCUT2D eigenvalue weighted by Gasteiger charge is -2.35. The van der Waals surface area contributed by atoms with Crippen molar-refractivity contribution in [2.24, 2.45) is 0 Å². The first kappa shape index (κ1) is 16.6. The molecule has 1 N–H and O–H groups in total. The van der Waals surface area contributed by atoms with Crippen molar-refractivity contribution in [1.29, 1.82) is 0 Å². The molecule has 0 saturated carbocycles. The largest absolute Gasteiger partial charge is 0.377 e. The minimum absolute atomic E-state index is 0.150. The van der Waals surface area contributed by atoms with Gasteiger partial charge in [-0.05, 0) is 50.5 Å². The molecule has 1 amide bonds. The van der Waals surface area contributed by atoms with E-state index in [4.69, 9.17) is 4.74 Å². The molecule has 1 aromatic heterocycles. The number of aromatic nitrogens is 1. The van der Waals surface area contributed by atoms with Crippen molar-refractivity contribution < 1.29 is 9.53 Å². The molecule has 0 aliphatic carbocycles. The van der Waals surface area contributed by atoms with Crippen LogP contribution in [0, 0.1) is 13.8 Å². The molecule has 1 aromatic carbocycles. The van der Waals surface area contributed by atoms with Gasteiger partial charge in [0.1, 0.15) is 0 Å². The second-order valence-electron chi connectivity index (χ2n) is 7.36. The Kier molecular flexibility index (Phi) is 4.52. The fourth-order valence-electron chi connectivity index (χ4n) is 3.99. The molecule has 2 saturated heterocycles. The maximum absolute atomic E-state index is 12.9. The number of benzene rings is 1. The molecule has 2 fully saturated rings. The van der Waals surface area contributed by atoms with Crippen LogP contribution in [0.5, 0.6) is 0 Å². The number of H-pyrrole nitrogens is 1. The number of hydrogen-bond donors (Lipinski definition) is 1. The van der Waals surface area contributed by atoms with Crippen LogP contribution < -0.4 is 0 Å². The molecule has 3 heterocycles. The SMILES string of the molecule is Cc1[nH]c2ccc(C(=O)N3CCN(CC4CCCO4)CC3)cc2c1C. The van der Waals surface area contributed by atoms with E-state index in [0.717, 1.165) is 55.8 Å². The number of carbonyl (C=O) groups is 1. The number of amides is 1. The zero-order valence-corrected chi connectivity index (χ0v) is 15.2. The average Bonchev–Trinajstić information content (AvgIpc) is 3.23. The molecule has 0 spiro atoms. The molecule has 0 bridgehead atoms. The fraction of sp³-hybridized carbons (Fsp3) is 0.550. The van der Waals surface area contributed by atoms with Crippen molar-refractivity contribution >= 4 is 16.8 Å². The van der Waals surface area contributed by atoms with E-state index in [1.807, 2.05) is 23.1 Å². The summed E-state index contributed by atoms with van der Waals surface area (Å²) in [4.78, 5) is 20.7. The average molecular weight is 341 g/mol. The van der Waals surface area contributed by atoms with Gasteiger partial charge in [-0.15, -0.1) is 0 Å². The minimum atomic E-state index is 0.150. The second-order valence-corrected chi connectivity index (χ2v) is 7.36. The maximum Gasteiger partial charge on any atom is 0.253 e. The first-order chi connectivity index (χ1) is 12.1. The van der Waals surface area contributed by atoms with Gasteiger partial charge in [0.05, 0.1) is 6.10 Å². The standard InChI is InChI=1S/C20H27N3O2/c1-14-15(2)21-19-6-5-16(12-18(14)19)20(24)23-9-7-22(8-10-23)13-17-4-3-11-25-17/h5-6,12,17,21H,3-4,7-11,13H2,1-2H3. The third-order valence-corrected chi connectivity index (χ3v) is 5.70. The van der Waals surface area contributed by atoms with Gasteiger partial charge >= 0.3 is 0 Å². The lowest BCUT2D eigenvalue weighted by molar-refractivity contribution is 0.0433. The fourth-order valence-corrected chi connectivity index (χ4v) is 3.99. The van der Waals surface area contributed by atoms with E-state index in [1.165, 1.54) is 24.1 Å². The first-order valence-electron chi connectivity index (χ1n) is 9.34. The van der Waals surface area contributed by atoms with Gasteiger partial charge in [-0.3, -0.25) is 9.69 Å². The molecule has 5 nitrogen and oxygen atoms in total. The maximum atomic E-state index is 12.9. The number of nitrogens with one attached hydrogen (secondary N) is 1. The Bertz CT molecular complexity index is 769. The molecular weight excluding hydrogens is 314 g/mol. The Balaban J connectivity index is 1.40. The first-order valence-corrected chi connectivity index (χ1v) is 9.34. The lowest BCUT2D eigenvalue weighted by Crippen LogP contribution is -2.50. The van der Waals surface area contributed by atoms with Crippen molar-refractivity contribution in [2.75, 3.05) is 39.3 Å². The van der Waals surface area contributed by atoms with Gasteiger partial charge in [0.25, 0.3) is 5.91 Å². The van der Waals surface area contributed by atoms with E-state index in [9.17, 15) is 4.79 Å². The van der Waals surface area contributed by atoms with Gasteiger partial charge in [-0.25, -0.2) is 0 Å². The zero-order chi connectivity index (χ0) is 17.4. The van der Waals surface area contributed by atoms with Gasteiger partial charge in [0.2, 0.25) is 0 Å². The van der Waals surface area contributed by atoms with E-state index in [0.29, 0.717) is 6.10 Å². The highest BCUT2D eigenvalue weighted by molar-refractivity contribution is 5.99. The number of ether oxygens (including phenoxy) is 1. The summed E-state index contributed by atoms with van der Waals surface area (Å²) < 4.78 is 5.73. The smallest absolute Gasteiger partial charge is 0.253 e. The van der Waals surface area contributed by atoms with Crippen LogP contribution in [0.1, 0.15) is 34.5 Å². The topological polar surface area (TPSA) is 48.6 Å². The quantitative estimate of drug-likeness (QED) is 0.934. The van der Waals surface area contributed by atoms with E-state index in [1.54, 1.807) is 0 Å². The Hall–Kier alpha value is -1.85. The number of piperazine rings is 1. The van der Waals surface area contributed by atoms with Crippen molar-refractivity contribution in [3.8, 4) is 0 Å². The molecule has 25 heavy (non-hydrogen) atoms.